The van der Waals surface area contributed by atoms with Crippen molar-refractivity contribution in [1.29, 1.82) is 0 Å². The van der Waals surface area contributed by atoms with Crippen molar-refractivity contribution in [3.63, 3.8) is 0 Å². The standard InChI is InChI=1S/C18H18Cl3N3O3S/c19-13-3-1-4-14(11-13)28(26,27)24-9-7-23(8-10-24)12-17(25)22-16-6-2-5-15(20)18(16)21/h1-6,11H,7-10,12H2,(H,22,25). The fraction of sp³-hybridized carbons (Fsp3) is 0.278. The molecule has 1 amide bonds. The molecular weight excluding hydrogens is 445 g/mol. The Morgan fingerprint density at radius 3 is 2.36 bits per heavy atom. The first-order valence-corrected chi connectivity index (χ1v) is 11.1. The molecule has 1 saturated heterocycles. The molecule has 0 atom stereocenters. The van der Waals surface area contributed by atoms with Crippen molar-refractivity contribution in [2.75, 3.05) is 38.0 Å². The Morgan fingerprint density at radius 2 is 1.68 bits per heavy atom. The van der Waals surface area contributed by atoms with Gasteiger partial charge in [-0.3, -0.25) is 9.69 Å². The number of piperazine rings is 1. The Balaban J connectivity index is 1.56. The van der Waals surface area contributed by atoms with E-state index in [0.29, 0.717) is 41.9 Å². The van der Waals surface area contributed by atoms with Crippen LogP contribution >= 0.6 is 34.8 Å². The second kappa shape index (κ2) is 8.98. The normalized spacial score (nSPS) is 16.1. The SMILES string of the molecule is O=C(CN1CCN(S(=O)(=O)c2cccc(Cl)c2)CC1)Nc1cccc(Cl)c1Cl. The molecule has 1 aliphatic heterocycles. The third-order valence-electron chi connectivity index (χ3n) is 4.36. The number of nitrogens with one attached hydrogen (secondary N) is 1. The maximum atomic E-state index is 12.7. The van der Waals surface area contributed by atoms with Gasteiger partial charge in [0.2, 0.25) is 15.9 Å². The van der Waals surface area contributed by atoms with E-state index in [1.807, 2.05) is 4.90 Å². The van der Waals surface area contributed by atoms with Gasteiger partial charge in [0.15, 0.2) is 0 Å². The van der Waals surface area contributed by atoms with Crippen LogP contribution in [-0.2, 0) is 14.8 Å². The first-order chi connectivity index (χ1) is 13.3. The van der Waals surface area contributed by atoms with E-state index in [0.717, 1.165) is 0 Å². The molecule has 28 heavy (non-hydrogen) atoms. The van der Waals surface area contributed by atoms with Crippen LogP contribution in [0.2, 0.25) is 15.1 Å². The topological polar surface area (TPSA) is 69.7 Å². The minimum atomic E-state index is -3.61. The van der Waals surface area contributed by atoms with Crippen LogP contribution in [0.3, 0.4) is 0 Å². The van der Waals surface area contributed by atoms with Crippen LogP contribution in [0, 0.1) is 0 Å². The van der Waals surface area contributed by atoms with Crippen molar-refractivity contribution in [2.45, 2.75) is 4.90 Å². The fourth-order valence-corrected chi connectivity index (χ4v) is 4.97. The average molecular weight is 463 g/mol. The maximum Gasteiger partial charge on any atom is 0.243 e. The van der Waals surface area contributed by atoms with Gasteiger partial charge in [-0.15, -0.1) is 0 Å². The van der Waals surface area contributed by atoms with Crippen molar-refractivity contribution >= 4 is 56.4 Å². The van der Waals surface area contributed by atoms with E-state index in [9.17, 15) is 13.2 Å². The maximum absolute atomic E-state index is 12.7. The molecule has 0 radical (unpaired) electrons. The molecule has 150 valence electrons. The summed E-state index contributed by atoms with van der Waals surface area (Å²) in [5, 5.41) is 3.75. The summed E-state index contributed by atoms with van der Waals surface area (Å²) in [5.74, 6) is -0.240. The van der Waals surface area contributed by atoms with Gasteiger partial charge in [-0.05, 0) is 30.3 Å². The molecule has 6 nitrogen and oxygen atoms in total. The number of nitrogens with zero attached hydrogens (tertiary/aromatic N) is 2. The largest absolute Gasteiger partial charge is 0.324 e. The van der Waals surface area contributed by atoms with Gasteiger partial charge in [-0.25, -0.2) is 8.42 Å². The predicted octanol–water partition coefficient (Wildman–Crippen LogP) is 3.59. The van der Waals surface area contributed by atoms with Crippen LogP contribution in [0.15, 0.2) is 47.4 Å². The smallest absolute Gasteiger partial charge is 0.243 e. The molecule has 0 aromatic heterocycles. The van der Waals surface area contributed by atoms with E-state index in [1.54, 1.807) is 30.3 Å². The van der Waals surface area contributed by atoms with E-state index < -0.39 is 10.0 Å². The minimum Gasteiger partial charge on any atom is -0.324 e. The van der Waals surface area contributed by atoms with Crippen LogP contribution in [0.5, 0.6) is 0 Å². The highest BCUT2D eigenvalue weighted by molar-refractivity contribution is 7.89. The van der Waals surface area contributed by atoms with E-state index in [2.05, 4.69) is 5.32 Å². The van der Waals surface area contributed by atoms with Crippen molar-refractivity contribution in [2.24, 2.45) is 0 Å². The van der Waals surface area contributed by atoms with Crippen molar-refractivity contribution in [3.8, 4) is 0 Å². The quantitative estimate of drug-likeness (QED) is 0.737. The number of anilines is 1. The van der Waals surface area contributed by atoms with Crippen molar-refractivity contribution in [1.82, 2.24) is 9.21 Å². The lowest BCUT2D eigenvalue weighted by molar-refractivity contribution is -0.117. The summed E-state index contributed by atoms with van der Waals surface area (Å²) in [6.07, 6.45) is 0. The summed E-state index contributed by atoms with van der Waals surface area (Å²) < 4.78 is 26.8. The third kappa shape index (κ3) is 4.97. The molecule has 0 spiro atoms. The lowest BCUT2D eigenvalue weighted by Crippen LogP contribution is -2.50. The zero-order chi connectivity index (χ0) is 20.3. The first kappa shape index (κ1) is 21.4. The molecule has 1 N–H and O–H groups in total. The predicted molar refractivity (Wildman–Crippen MR) is 112 cm³/mol. The highest BCUT2D eigenvalue weighted by Gasteiger charge is 2.29. The van der Waals surface area contributed by atoms with Crippen molar-refractivity contribution in [3.05, 3.63) is 57.5 Å². The molecule has 2 aromatic rings. The Morgan fingerprint density at radius 1 is 1.00 bits per heavy atom. The number of carbonyl (C=O) groups excluding carboxylic acids is 1. The molecule has 1 aliphatic rings. The summed E-state index contributed by atoms with van der Waals surface area (Å²) in [6, 6.07) is 11.2. The number of hydrogen-bond donors (Lipinski definition) is 1. The summed E-state index contributed by atoms with van der Waals surface area (Å²) in [7, 11) is -3.61. The van der Waals surface area contributed by atoms with E-state index >= 15 is 0 Å². The molecule has 1 fully saturated rings. The van der Waals surface area contributed by atoms with Gasteiger partial charge in [-0.2, -0.15) is 4.31 Å². The molecule has 10 heteroatoms. The highest BCUT2D eigenvalue weighted by atomic mass is 35.5. The molecule has 0 unspecified atom stereocenters. The van der Waals surface area contributed by atoms with Crippen LogP contribution in [0.4, 0.5) is 5.69 Å². The number of hydrogen-bond acceptors (Lipinski definition) is 4. The van der Waals surface area contributed by atoms with E-state index in [-0.39, 0.29) is 22.4 Å². The van der Waals surface area contributed by atoms with Gasteiger partial charge >= 0.3 is 0 Å². The number of rotatable bonds is 5. The number of benzene rings is 2. The van der Waals surface area contributed by atoms with E-state index in [4.69, 9.17) is 34.8 Å². The van der Waals surface area contributed by atoms with Crippen LogP contribution in [0.25, 0.3) is 0 Å². The zero-order valence-electron chi connectivity index (χ0n) is 14.7. The Hall–Kier alpha value is -1.35. The average Bonchev–Trinajstić information content (AvgIpc) is 2.66. The summed E-state index contributed by atoms with van der Waals surface area (Å²) in [5.41, 5.74) is 0.446. The molecule has 0 aliphatic carbocycles. The summed E-state index contributed by atoms with van der Waals surface area (Å²) >= 11 is 17.9. The Kier molecular flexibility index (Phi) is 6.85. The molecule has 0 bridgehead atoms. The van der Waals surface area contributed by atoms with Gasteiger partial charge in [0.1, 0.15) is 0 Å². The van der Waals surface area contributed by atoms with Crippen LogP contribution in [-0.4, -0.2) is 56.3 Å². The zero-order valence-corrected chi connectivity index (χ0v) is 17.8. The van der Waals surface area contributed by atoms with Gasteiger partial charge in [0.25, 0.3) is 0 Å². The minimum absolute atomic E-state index is 0.133. The Bertz CT molecular complexity index is 977. The third-order valence-corrected chi connectivity index (χ3v) is 7.31. The lowest BCUT2D eigenvalue weighted by Gasteiger charge is -2.33. The van der Waals surface area contributed by atoms with Crippen LogP contribution in [0.1, 0.15) is 0 Å². The number of carbonyl (C=O) groups is 1. The number of sulfonamides is 1. The number of amides is 1. The fourth-order valence-electron chi connectivity index (χ4n) is 2.90. The number of halogens is 3. The lowest BCUT2D eigenvalue weighted by atomic mass is 10.3. The second-order valence-corrected chi connectivity index (χ2v) is 9.45. The molecule has 3 rings (SSSR count). The molecule has 2 aromatic carbocycles. The van der Waals surface area contributed by atoms with Gasteiger partial charge < -0.3 is 5.32 Å². The second-order valence-electron chi connectivity index (χ2n) is 6.29. The van der Waals surface area contributed by atoms with Gasteiger partial charge in [-0.1, -0.05) is 46.9 Å². The first-order valence-electron chi connectivity index (χ1n) is 8.49. The summed E-state index contributed by atoms with van der Waals surface area (Å²) in [6.45, 7) is 1.60. The molecular formula is C18H18Cl3N3O3S. The van der Waals surface area contributed by atoms with Crippen molar-refractivity contribution < 1.29 is 13.2 Å². The Labute approximate surface area is 179 Å². The van der Waals surface area contributed by atoms with E-state index in [1.165, 1.54) is 16.4 Å². The monoisotopic (exact) mass is 461 g/mol. The summed E-state index contributed by atoms with van der Waals surface area (Å²) in [4.78, 5) is 14.3. The molecule has 1 heterocycles. The highest BCUT2D eigenvalue weighted by Crippen LogP contribution is 2.29. The van der Waals surface area contributed by atoms with Gasteiger partial charge in [0, 0.05) is 31.2 Å². The van der Waals surface area contributed by atoms with Crippen LogP contribution < -0.4 is 5.32 Å². The molecule has 0 saturated carbocycles. The van der Waals surface area contributed by atoms with Gasteiger partial charge in [0.05, 0.1) is 27.2 Å².